The number of nitrogens with zero attached hydrogens (tertiary/aromatic N) is 7. The summed E-state index contributed by atoms with van der Waals surface area (Å²) >= 11 is 0. The Bertz CT molecular complexity index is 710. The van der Waals surface area contributed by atoms with Gasteiger partial charge in [0.05, 0.1) is 11.9 Å². The Morgan fingerprint density at radius 1 is 1.17 bits per heavy atom. The van der Waals surface area contributed by atoms with Crippen molar-refractivity contribution in [3.8, 4) is 0 Å². The zero-order valence-corrected chi connectivity index (χ0v) is 19.0. The van der Waals surface area contributed by atoms with Crippen LogP contribution in [0.2, 0.25) is 0 Å². The average Bonchev–Trinajstić information content (AvgIpc) is 3.17. The molecule has 0 bridgehead atoms. The molecule has 3 rings (SSSR count). The fourth-order valence-electron chi connectivity index (χ4n) is 4.13. The SMILES string of the molecule is CCNC(=NCC(C)CN1CCN(CC)CC1)N1CCN(c2cnn(C)c2)C(=O)C1. The highest BCUT2D eigenvalue weighted by Crippen LogP contribution is 2.16. The smallest absolute Gasteiger partial charge is 0.246 e. The van der Waals surface area contributed by atoms with Crippen LogP contribution in [0.5, 0.6) is 0 Å². The van der Waals surface area contributed by atoms with E-state index in [0.717, 1.165) is 57.5 Å². The molecule has 2 fully saturated rings. The summed E-state index contributed by atoms with van der Waals surface area (Å²) in [4.78, 5) is 26.5. The maximum atomic E-state index is 12.7. The van der Waals surface area contributed by atoms with Crippen molar-refractivity contribution in [2.24, 2.45) is 18.0 Å². The Labute approximate surface area is 180 Å². The van der Waals surface area contributed by atoms with Gasteiger partial charge in [-0.2, -0.15) is 5.10 Å². The fraction of sp³-hybridized carbons (Fsp3) is 0.762. The van der Waals surface area contributed by atoms with Gasteiger partial charge in [-0.3, -0.25) is 14.5 Å². The number of rotatable bonds is 7. The van der Waals surface area contributed by atoms with Crippen molar-refractivity contribution < 1.29 is 4.79 Å². The number of carbonyl (C=O) groups is 1. The molecule has 9 nitrogen and oxygen atoms in total. The number of anilines is 1. The molecule has 1 amide bonds. The normalized spacial score (nSPS) is 20.7. The lowest BCUT2D eigenvalue weighted by atomic mass is 10.1. The number of amides is 1. The summed E-state index contributed by atoms with van der Waals surface area (Å²) in [6.07, 6.45) is 3.63. The number of aromatic nitrogens is 2. The van der Waals surface area contributed by atoms with E-state index in [0.29, 0.717) is 19.0 Å². The first-order valence-corrected chi connectivity index (χ1v) is 11.3. The van der Waals surface area contributed by atoms with Crippen LogP contribution in [0.1, 0.15) is 20.8 Å². The van der Waals surface area contributed by atoms with Crippen LogP contribution in [-0.2, 0) is 11.8 Å². The van der Waals surface area contributed by atoms with Crippen molar-refractivity contribution >= 4 is 17.6 Å². The lowest BCUT2D eigenvalue weighted by Gasteiger charge is -2.36. The number of hydrogen-bond donors (Lipinski definition) is 1. The van der Waals surface area contributed by atoms with Gasteiger partial charge in [-0.15, -0.1) is 0 Å². The number of piperazine rings is 2. The van der Waals surface area contributed by atoms with Crippen LogP contribution in [0.3, 0.4) is 0 Å². The van der Waals surface area contributed by atoms with Crippen molar-refractivity contribution in [1.29, 1.82) is 0 Å². The van der Waals surface area contributed by atoms with Gasteiger partial charge in [0, 0.05) is 72.1 Å². The minimum Gasteiger partial charge on any atom is -0.357 e. The molecule has 30 heavy (non-hydrogen) atoms. The van der Waals surface area contributed by atoms with E-state index in [4.69, 9.17) is 4.99 Å². The van der Waals surface area contributed by atoms with Crippen molar-refractivity contribution in [3.05, 3.63) is 12.4 Å². The minimum absolute atomic E-state index is 0.0849. The second-order valence-corrected chi connectivity index (χ2v) is 8.37. The summed E-state index contributed by atoms with van der Waals surface area (Å²) < 4.78 is 1.73. The summed E-state index contributed by atoms with van der Waals surface area (Å²) in [5.74, 6) is 1.42. The topological polar surface area (TPSA) is 72.2 Å². The lowest BCUT2D eigenvalue weighted by molar-refractivity contribution is -0.120. The molecular formula is C21H38N8O. The van der Waals surface area contributed by atoms with Crippen LogP contribution in [0.4, 0.5) is 5.69 Å². The number of likely N-dealkylation sites (N-methyl/N-ethyl adjacent to an activating group) is 1. The van der Waals surface area contributed by atoms with E-state index < -0.39 is 0 Å². The molecule has 0 saturated carbocycles. The molecule has 0 aromatic carbocycles. The Hall–Kier alpha value is -2.13. The Kier molecular flexibility index (Phi) is 8.09. The van der Waals surface area contributed by atoms with Crippen LogP contribution < -0.4 is 10.2 Å². The van der Waals surface area contributed by atoms with E-state index in [2.05, 4.69) is 45.9 Å². The molecule has 2 aliphatic heterocycles. The molecule has 0 spiro atoms. The zero-order chi connectivity index (χ0) is 21.5. The highest BCUT2D eigenvalue weighted by atomic mass is 16.2. The Balaban J connectivity index is 1.52. The summed E-state index contributed by atoms with van der Waals surface area (Å²) in [5.41, 5.74) is 0.862. The highest BCUT2D eigenvalue weighted by Gasteiger charge is 2.27. The Morgan fingerprint density at radius 2 is 1.90 bits per heavy atom. The molecule has 0 aliphatic carbocycles. The van der Waals surface area contributed by atoms with Gasteiger partial charge in [-0.25, -0.2) is 0 Å². The number of aryl methyl sites for hydroxylation is 1. The quantitative estimate of drug-likeness (QED) is 0.508. The second kappa shape index (κ2) is 10.8. The molecule has 2 saturated heterocycles. The van der Waals surface area contributed by atoms with Gasteiger partial charge in [-0.1, -0.05) is 13.8 Å². The first kappa shape index (κ1) is 22.6. The molecule has 2 aliphatic rings. The van der Waals surface area contributed by atoms with E-state index >= 15 is 0 Å². The van der Waals surface area contributed by atoms with Crippen LogP contribution in [0.15, 0.2) is 17.4 Å². The van der Waals surface area contributed by atoms with Crippen molar-refractivity contribution in [3.63, 3.8) is 0 Å². The zero-order valence-electron chi connectivity index (χ0n) is 19.0. The number of guanidine groups is 1. The predicted octanol–water partition coefficient (Wildman–Crippen LogP) is 0.308. The van der Waals surface area contributed by atoms with Crippen molar-refractivity contribution in [2.75, 3.05) is 76.9 Å². The maximum absolute atomic E-state index is 12.7. The van der Waals surface area contributed by atoms with Crippen LogP contribution in [0.25, 0.3) is 0 Å². The van der Waals surface area contributed by atoms with E-state index in [-0.39, 0.29) is 5.91 Å². The van der Waals surface area contributed by atoms with Gasteiger partial charge in [0.25, 0.3) is 0 Å². The summed E-state index contributed by atoms with van der Waals surface area (Å²) in [5, 5.41) is 7.55. The van der Waals surface area contributed by atoms with E-state index in [1.165, 1.54) is 13.1 Å². The molecule has 9 heteroatoms. The number of hydrogen-bond acceptors (Lipinski definition) is 5. The van der Waals surface area contributed by atoms with Gasteiger partial charge in [-0.05, 0) is 19.4 Å². The van der Waals surface area contributed by atoms with Gasteiger partial charge in [0.2, 0.25) is 5.91 Å². The molecule has 3 heterocycles. The number of carbonyl (C=O) groups excluding carboxylic acids is 1. The molecule has 1 aromatic heterocycles. The summed E-state index contributed by atoms with van der Waals surface area (Å²) in [7, 11) is 1.87. The third kappa shape index (κ3) is 5.95. The summed E-state index contributed by atoms with van der Waals surface area (Å²) in [6, 6.07) is 0. The third-order valence-corrected chi connectivity index (χ3v) is 5.89. The number of aliphatic imine (C=N–C) groups is 1. The predicted molar refractivity (Wildman–Crippen MR) is 121 cm³/mol. The van der Waals surface area contributed by atoms with Gasteiger partial charge < -0.3 is 24.9 Å². The molecule has 1 atom stereocenters. The van der Waals surface area contributed by atoms with Gasteiger partial charge in [0.15, 0.2) is 5.96 Å². The van der Waals surface area contributed by atoms with Crippen LogP contribution in [0, 0.1) is 5.92 Å². The van der Waals surface area contributed by atoms with Crippen molar-refractivity contribution in [2.45, 2.75) is 20.8 Å². The minimum atomic E-state index is 0.0849. The fourth-order valence-corrected chi connectivity index (χ4v) is 4.13. The molecule has 168 valence electrons. The highest BCUT2D eigenvalue weighted by molar-refractivity contribution is 5.98. The largest absolute Gasteiger partial charge is 0.357 e. The van der Waals surface area contributed by atoms with Crippen LogP contribution >= 0.6 is 0 Å². The van der Waals surface area contributed by atoms with Crippen LogP contribution in [-0.4, -0.2) is 108 Å². The molecule has 1 aromatic rings. The van der Waals surface area contributed by atoms with E-state index in [1.807, 2.05) is 18.1 Å². The molecular weight excluding hydrogens is 380 g/mol. The second-order valence-electron chi connectivity index (χ2n) is 8.37. The number of nitrogens with one attached hydrogen (secondary N) is 1. The first-order chi connectivity index (χ1) is 14.5. The van der Waals surface area contributed by atoms with E-state index in [9.17, 15) is 4.79 Å². The van der Waals surface area contributed by atoms with E-state index in [1.54, 1.807) is 10.9 Å². The van der Waals surface area contributed by atoms with Gasteiger partial charge >= 0.3 is 0 Å². The lowest BCUT2D eigenvalue weighted by Crippen LogP contribution is -2.55. The molecule has 1 unspecified atom stereocenters. The molecule has 1 N–H and O–H groups in total. The molecule has 0 radical (unpaired) electrons. The first-order valence-electron chi connectivity index (χ1n) is 11.3. The third-order valence-electron chi connectivity index (χ3n) is 5.89. The summed E-state index contributed by atoms with van der Waals surface area (Å²) in [6.45, 7) is 16.7. The monoisotopic (exact) mass is 418 g/mol. The standard InChI is InChI=1S/C21H38N8O/c1-5-22-21(23-13-18(3)15-27-9-7-26(6-2)8-10-27)28-11-12-29(20(30)17-28)19-14-24-25(4)16-19/h14,16,18H,5-13,15,17H2,1-4H3,(H,22,23). The maximum Gasteiger partial charge on any atom is 0.246 e. The van der Waals surface area contributed by atoms with Crippen molar-refractivity contribution in [1.82, 2.24) is 29.8 Å². The Morgan fingerprint density at radius 3 is 2.50 bits per heavy atom. The average molecular weight is 419 g/mol. The van der Waals surface area contributed by atoms with Gasteiger partial charge in [0.1, 0.15) is 6.54 Å².